The van der Waals surface area contributed by atoms with Crippen molar-refractivity contribution in [3.8, 4) is 0 Å². The molecule has 1 N–H and O–H groups in total. The molecule has 0 aliphatic carbocycles. The van der Waals surface area contributed by atoms with E-state index in [2.05, 4.69) is 13.8 Å². The first-order valence-corrected chi connectivity index (χ1v) is 7.88. The Morgan fingerprint density at radius 2 is 1.90 bits per heavy atom. The van der Waals surface area contributed by atoms with Gasteiger partial charge >= 0.3 is 5.97 Å². The van der Waals surface area contributed by atoms with Gasteiger partial charge in [-0.05, 0) is 59.0 Å². The van der Waals surface area contributed by atoms with E-state index in [-0.39, 0.29) is 5.97 Å². The first-order valence-electron chi connectivity index (χ1n) is 7.88. The fraction of sp³-hybridized carbons (Fsp3) is 0.722. The molecule has 1 atom stereocenters. The molecule has 0 saturated heterocycles. The molecule has 3 heteroatoms. The molecule has 0 radical (unpaired) electrons. The largest absolute Gasteiger partial charge is 0.463 e. The van der Waals surface area contributed by atoms with E-state index >= 15 is 0 Å². The minimum atomic E-state index is -0.566. The summed E-state index contributed by atoms with van der Waals surface area (Å²) in [7, 11) is 0. The fourth-order valence-corrected chi connectivity index (χ4v) is 2.39. The molecule has 0 aliphatic heterocycles. The predicted octanol–water partition coefficient (Wildman–Crippen LogP) is 4.41. The molecule has 0 saturated carbocycles. The summed E-state index contributed by atoms with van der Waals surface area (Å²) in [5, 5.41) is 9.70. The van der Waals surface area contributed by atoms with Gasteiger partial charge in [-0.2, -0.15) is 0 Å². The van der Waals surface area contributed by atoms with Crippen molar-refractivity contribution in [1.82, 2.24) is 0 Å². The number of carbonyl (C=O) groups is 1. The van der Waals surface area contributed by atoms with Gasteiger partial charge in [0.15, 0.2) is 0 Å². The smallest absolute Gasteiger partial charge is 0.330 e. The van der Waals surface area contributed by atoms with Crippen molar-refractivity contribution in [2.45, 2.75) is 72.8 Å². The van der Waals surface area contributed by atoms with Crippen LogP contribution in [0.2, 0.25) is 0 Å². The number of hydrogen-bond acceptors (Lipinski definition) is 3. The van der Waals surface area contributed by atoms with Gasteiger partial charge in [-0.1, -0.05) is 31.4 Å². The van der Waals surface area contributed by atoms with Crippen LogP contribution in [0.3, 0.4) is 0 Å². The van der Waals surface area contributed by atoms with Crippen LogP contribution in [0.15, 0.2) is 23.3 Å². The maximum atomic E-state index is 11.3. The van der Waals surface area contributed by atoms with Crippen molar-refractivity contribution in [1.29, 1.82) is 0 Å². The minimum Gasteiger partial charge on any atom is -0.463 e. The maximum Gasteiger partial charge on any atom is 0.330 e. The molecule has 122 valence electrons. The first-order chi connectivity index (χ1) is 9.64. The van der Waals surface area contributed by atoms with Crippen LogP contribution in [0, 0.1) is 5.92 Å². The van der Waals surface area contributed by atoms with Gasteiger partial charge in [-0.25, -0.2) is 4.79 Å². The summed E-state index contributed by atoms with van der Waals surface area (Å²) in [6.07, 6.45) is 7.57. The lowest BCUT2D eigenvalue weighted by atomic mass is 9.92. The molecule has 0 amide bonds. The molecule has 0 aromatic heterocycles. The first kappa shape index (κ1) is 19.9. The number of hydrogen-bond donors (Lipinski definition) is 1. The zero-order valence-electron chi connectivity index (χ0n) is 14.5. The second kappa shape index (κ2) is 9.78. The number of carbonyl (C=O) groups excluding carboxylic acids is 1. The van der Waals surface area contributed by atoms with Gasteiger partial charge in [0.1, 0.15) is 0 Å². The Morgan fingerprint density at radius 1 is 1.29 bits per heavy atom. The van der Waals surface area contributed by atoms with E-state index in [4.69, 9.17) is 4.74 Å². The monoisotopic (exact) mass is 296 g/mol. The summed E-state index contributed by atoms with van der Waals surface area (Å²) in [5.74, 6) is 0.302. The van der Waals surface area contributed by atoms with E-state index in [0.29, 0.717) is 12.5 Å². The quantitative estimate of drug-likeness (QED) is 0.389. The zero-order valence-corrected chi connectivity index (χ0v) is 14.5. The van der Waals surface area contributed by atoms with Crippen molar-refractivity contribution in [2.75, 3.05) is 6.61 Å². The number of allylic oxidation sites excluding steroid dienone is 3. The Labute approximate surface area is 130 Å². The summed E-state index contributed by atoms with van der Waals surface area (Å²) in [5.41, 5.74) is 1.63. The van der Waals surface area contributed by atoms with Gasteiger partial charge in [-0.15, -0.1) is 0 Å². The summed E-state index contributed by atoms with van der Waals surface area (Å²) < 4.78 is 4.89. The van der Waals surface area contributed by atoms with Crippen LogP contribution < -0.4 is 0 Å². The molecule has 0 fully saturated rings. The van der Waals surface area contributed by atoms with Crippen LogP contribution in [0.25, 0.3) is 0 Å². The van der Waals surface area contributed by atoms with Crippen molar-refractivity contribution < 1.29 is 14.6 Å². The van der Waals surface area contributed by atoms with Gasteiger partial charge < -0.3 is 9.84 Å². The fourth-order valence-electron chi connectivity index (χ4n) is 2.39. The van der Waals surface area contributed by atoms with Crippen LogP contribution in [0.5, 0.6) is 0 Å². The second-order valence-electron chi connectivity index (χ2n) is 6.65. The summed E-state index contributed by atoms with van der Waals surface area (Å²) in [6, 6.07) is 0. The lowest BCUT2D eigenvalue weighted by Crippen LogP contribution is -2.18. The lowest BCUT2D eigenvalue weighted by Gasteiger charge is -2.18. The topological polar surface area (TPSA) is 46.5 Å². The van der Waals surface area contributed by atoms with E-state index in [9.17, 15) is 9.90 Å². The number of aliphatic hydroxyl groups is 1. The predicted molar refractivity (Wildman–Crippen MR) is 88.1 cm³/mol. The molecular weight excluding hydrogens is 264 g/mol. The normalized spacial score (nSPS) is 15.0. The van der Waals surface area contributed by atoms with Gasteiger partial charge in [0, 0.05) is 6.08 Å². The van der Waals surface area contributed by atoms with E-state index in [0.717, 1.165) is 31.3 Å². The maximum absolute atomic E-state index is 11.3. The molecule has 0 heterocycles. The van der Waals surface area contributed by atoms with Crippen molar-refractivity contribution in [3.63, 3.8) is 0 Å². The molecule has 0 aromatic rings. The summed E-state index contributed by atoms with van der Waals surface area (Å²) >= 11 is 0. The lowest BCUT2D eigenvalue weighted by molar-refractivity contribution is -0.137. The molecular formula is C18H32O3. The molecule has 21 heavy (non-hydrogen) atoms. The van der Waals surface area contributed by atoms with E-state index < -0.39 is 5.60 Å². The molecule has 1 unspecified atom stereocenters. The highest BCUT2D eigenvalue weighted by atomic mass is 16.5. The number of ether oxygens (including phenoxy) is 1. The highest BCUT2D eigenvalue weighted by Crippen LogP contribution is 2.21. The Hall–Kier alpha value is -1.09. The van der Waals surface area contributed by atoms with Gasteiger partial charge in [-0.3, -0.25) is 0 Å². The van der Waals surface area contributed by atoms with Crippen molar-refractivity contribution >= 4 is 5.97 Å². The van der Waals surface area contributed by atoms with Crippen molar-refractivity contribution in [2.24, 2.45) is 5.92 Å². The van der Waals surface area contributed by atoms with Crippen LogP contribution >= 0.6 is 0 Å². The van der Waals surface area contributed by atoms with Crippen LogP contribution in [-0.2, 0) is 9.53 Å². The Morgan fingerprint density at radius 3 is 2.43 bits per heavy atom. The zero-order chi connectivity index (χ0) is 16.5. The second-order valence-corrected chi connectivity index (χ2v) is 6.65. The standard InChI is InChI=1S/C18H32O3/c1-7-21-17(19)13-16(4)12-15(3)11-14(2)9-8-10-18(5,6)20/h12-14,20H,7-11H2,1-6H3. The highest BCUT2D eigenvalue weighted by molar-refractivity contribution is 5.83. The highest BCUT2D eigenvalue weighted by Gasteiger charge is 2.12. The average molecular weight is 296 g/mol. The SMILES string of the molecule is CCOC(=O)C=C(C)C=C(C)CC(C)CCCC(C)(C)O. The Balaban J connectivity index is 4.24. The summed E-state index contributed by atoms with van der Waals surface area (Å²) in [6.45, 7) is 12.2. The van der Waals surface area contributed by atoms with E-state index in [1.54, 1.807) is 6.92 Å². The average Bonchev–Trinajstić information content (AvgIpc) is 2.25. The van der Waals surface area contributed by atoms with E-state index in [1.165, 1.54) is 11.6 Å². The van der Waals surface area contributed by atoms with Crippen LogP contribution in [0.1, 0.15) is 67.2 Å². The van der Waals surface area contributed by atoms with Crippen molar-refractivity contribution in [3.05, 3.63) is 23.3 Å². The van der Waals surface area contributed by atoms with Gasteiger partial charge in [0.2, 0.25) is 0 Å². The molecule has 0 bridgehead atoms. The van der Waals surface area contributed by atoms with Crippen LogP contribution in [0.4, 0.5) is 0 Å². The molecule has 3 nitrogen and oxygen atoms in total. The van der Waals surface area contributed by atoms with Crippen LogP contribution in [-0.4, -0.2) is 23.3 Å². The third kappa shape index (κ3) is 12.4. The number of esters is 1. The van der Waals surface area contributed by atoms with Gasteiger partial charge in [0.05, 0.1) is 12.2 Å². The van der Waals surface area contributed by atoms with Gasteiger partial charge in [0.25, 0.3) is 0 Å². The third-order valence-corrected chi connectivity index (χ3v) is 3.26. The van der Waals surface area contributed by atoms with E-state index in [1.807, 2.05) is 26.8 Å². The third-order valence-electron chi connectivity index (χ3n) is 3.26. The molecule has 0 spiro atoms. The summed E-state index contributed by atoms with van der Waals surface area (Å²) in [4.78, 5) is 11.3. The Bertz CT molecular complexity index is 372. The molecule has 0 aliphatic rings. The number of rotatable bonds is 9. The minimum absolute atomic E-state index is 0.280. The Kier molecular flexibility index (Phi) is 9.27. The molecule has 0 aromatic carbocycles. The molecule has 0 rings (SSSR count).